The van der Waals surface area contributed by atoms with Crippen molar-refractivity contribution in [3.8, 4) is 0 Å². The number of aromatic carboxylic acids is 1. The molecule has 2 aromatic rings. The Morgan fingerprint density at radius 2 is 2.00 bits per heavy atom. The largest absolute Gasteiger partial charge is 0.475 e. The summed E-state index contributed by atoms with van der Waals surface area (Å²) in [6.45, 7) is 1.84. The fraction of sp³-hybridized carbons (Fsp3) is 0.154. The van der Waals surface area contributed by atoms with Crippen LogP contribution in [-0.4, -0.2) is 19.5 Å². The zero-order chi connectivity index (χ0) is 14.9. The molecule has 0 saturated heterocycles. The van der Waals surface area contributed by atoms with E-state index in [1.54, 1.807) is 18.2 Å². The Kier molecular flexibility index (Phi) is 3.87. The molecule has 0 amide bonds. The molecule has 0 saturated carbocycles. The molecule has 1 aromatic heterocycles. The molecular weight excluding hydrogens is 304 g/mol. The molecule has 0 spiro atoms. The number of sulfone groups is 1. The van der Waals surface area contributed by atoms with Crippen molar-refractivity contribution in [2.24, 2.45) is 0 Å². The quantitative estimate of drug-likeness (QED) is 0.938. The Labute approximate surface area is 120 Å². The maximum absolute atomic E-state index is 12.1. The lowest BCUT2D eigenvalue weighted by Gasteiger charge is -2.05. The summed E-state index contributed by atoms with van der Waals surface area (Å²) in [6.07, 6.45) is 0. The molecule has 20 heavy (non-hydrogen) atoms. The van der Waals surface area contributed by atoms with Crippen LogP contribution < -0.4 is 0 Å². The van der Waals surface area contributed by atoms with Crippen LogP contribution in [0.25, 0.3) is 0 Å². The van der Waals surface area contributed by atoms with E-state index < -0.39 is 21.6 Å². The number of benzene rings is 1. The molecule has 5 nitrogen and oxygen atoms in total. The molecule has 2 rings (SSSR count). The first kappa shape index (κ1) is 14.6. The van der Waals surface area contributed by atoms with Crippen molar-refractivity contribution in [2.45, 2.75) is 17.8 Å². The van der Waals surface area contributed by atoms with Crippen LogP contribution in [0.1, 0.15) is 21.7 Å². The van der Waals surface area contributed by atoms with Gasteiger partial charge >= 0.3 is 5.97 Å². The average molecular weight is 315 g/mol. The summed E-state index contributed by atoms with van der Waals surface area (Å²) >= 11 is 5.99. The molecular formula is C13H11ClO5S. The van der Waals surface area contributed by atoms with Crippen LogP contribution >= 0.6 is 11.6 Å². The number of aryl methyl sites for hydroxylation is 1. The van der Waals surface area contributed by atoms with Crippen LogP contribution in [0.3, 0.4) is 0 Å². The lowest BCUT2D eigenvalue weighted by atomic mass is 10.2. The van der Waals surface area contributed by atoms with E-state index in [-0.39, 0.29) is 10.8 Å². The number of hydrogen-bond donors (Lipinski definition) is 1. The minimum Gasteiger partial charge on any atom is -0.475 e. The van der Waals surface area contributed by atoms with E-state index in [1.165, 1.54) is 0 Å². The van der Waals surface area contributed by atoms with Gasteiger partial charge in [0.25, 0.3) is 0 Å². The van der Waals surface area contributed by atoms with Crippen molar-refractivity contribution in [3.63, 3.8) is 0 Å². The third-order valence-electron chi connectivity index (χ3n) is 2.65. The van der Waals surface area contributed by atoms with Gasteiger partial charge in [0.05, 0.1) is 5.75 Å². The molecule has 0 atom stereocenters. The number of hydrogen-bond acceptors (Lipinski definition) is 4. The van der Waals surface area contributed by atoms with E-state index in [0.29, 0.717) is 10.6 Å². The average Bonchev–Trinajstić information content (AvgIpc) is 2.83. The summed E-state index contributed by atoms with van der Waals surface area (Å²) < 4.78 is 29.1. The highest BCUT2D eigenvalue weighted by Gasteiger charge is 2.22. The van der Waals surface area contributed by atoms with E-state index in [1.807, 2.05) is 6.92 Å². The Morgan fingerprint density at radius 3 is 2.55 bits per heavy atom. The van der Waals surface area contributed by atoms with Gasteiger partial charge in [-0.05, 0) is 36.2 Å². The summed E-state index contributed by atoms with van der Waals surface area (Å²) in [4.78, 5) is 10.7. The Balaban J connectivity index is 2.33. The van der Waals surface area contributed by atoms with E-state index in [9.17, 15) is 13.2 Å². The topological polar surface area (TPSA) is 84.6 Å². The predicted octanol–water partition coefficient (Wildman–Crippen LogP) is 2.91. The number of furan rings is 1. The standard InChI is InChI=1S/C13H11ClO5S/c1-8-2-3-9(10(14)6-8)7-20(17,18)12-5-4-11(19-12)13(15)16/h2-6H,7H2,1H3,(H,15,16). The minimum absolute atomic E-state index is 0.346. The molecule has 106 valence electrons. The summed E-state index contributed by atoms with van der Waals surface area (Å²) in [5.74, 6) is -2.09. The SMILES string of the molecule is Cc1ccc(CS(=O)(=O)c2ccc(C(=O)O)o2)c(Cl)c1. The number of carboxylic acids is 1. The van der Waals surface area contributed by atoms with Crippen LogP contribution in [0.2, 0.25) is 5.02 Å². The monoisotopic (exact) mass is 314 g/mol. The van der Waals surface area contributed by atoms with Crippen LogP contribution in [0.4, 0.5) is 0 Å². The van der Waals surface area contributed by atoms with Crippen molar-refractivity contribution in [1.82, 2.24) is 0 Å². The van der Waals surface area contributed by atoms with E-state index in [4.69, 9.17) is 21.1 Å². The van der Waals surface area contributed by atoms with Gasteiger partial charge in [0, 0.05) is 5.02 Å². The second-order valence-electron chi connectivity index (χ2n) is 4.28. The lowest BCUT2D eigenvalue weighted by molar-refractivity contribution is 0.0656. The smallest absolute Gasteiger partial charge is 0.371 e. The summed E-state index contributed by atoms with van der Waals surface area (Å²) in [7, 11) is -3.78. The highest BCUT2D eigenvalue weighted by Crippen LogP contribution is 2.24. The van der Waals surface area contributed by atoms with Gasteiger partial charge < -0.3 is 9.52 Å². The molecule has 1 aromatic carbocycles. The summed E-state index contributed by atoms with van der Waals surface area (Å²) in [5.41, 5.74) is 1.35. The molecule has 1 heterocycles. The molecule has 0 bridgehead atoms. The maximum Gasteiger partial charge on any atom is 0.371 e. The normalized spacial score (nSPS) is 11.5. The Morgan fingerprint density at radius 1 is 1.30 bits per heavy atom. The van der Waals surface area contributed by atoms with Gasteiger partial charge in [0.1, 0.15) is 0 Å². The van der Waals surface area contributed by atoms with Crippen molar-refractivity contribution in [3.05, 3.63) is 52.2 Å². The summed E-state index contributed by atoms with van der Waals surface area (Å²) in [6, 6.07) is 7.27. The van der Waals surface area contributed by atoms with Crippen LogP contribution in [0, 0.1) is 6.92 Å². The minimum atomic E-state index is -3.78. The summed E-state index contributed by atoms with van der Waals surface area (Å²) in [5, 5.41) is 8.68. The van der Waals surface area contributed by atoms with Gasteiger partial charge in [-0.15, -0.1) is 0 Å². The number of carbonyl (C=O) groups is 1. The van der Waals surface area contributed by atoms with E-state index in [2.05, 4.69) is 0 Å². The van der Waals surface area contributed by atoms with Gasteiger partial charge in [0.15, 0.2) is 0 Å². The van der Waals surface area contributed by atoms with Gasteiger partial charge in [-0.2, -0.15) is 0 Å². The second-order valence-corrected chi connectivity index (χ2v) is 6.61. The Hall–Kier alpha value is -1.79. The second kappa shape index (κ2) is 5.30. The van der Waals surface area contributed by atoms with Gasteiger partial charge in [-0.3, -0.25) is 0 Å². The zero-order valence-corrected chi connectivity index (χ0v) is 12.0. The molecule has 0 aliphatic carbocycles. The number of rotatable bonds is 4. The fourth-order valence-corrected chi connectivity index (χ4v) is 3.32. The molecule has 0 aliphatic rings. The van der Waals surface area contributed by atoms with Crippen molar-refractivity contribution >= 4 is 27.4 Å². The Bertz CT molecular complexity index is 761. The predicted molar refractivity (Wildman–Crippen MR) is 72.7 cm³/mol. The van der Waals surface area contributed by atoms with Crippen molar-refractivity contribution in [1.29, 1.82) is 0 Å². The van der Waals surface area contributed by atoms with Gasteiger partial charge in [-0.25, -0.2) is 13.2 Å². The molecule has 0 aliphatic heterocycles. The van der Waals surface area contributed by atoms with Crippen molar-refractivity contribution < 1.29 is 22.7 Å². The molecule has 7 heteroatoms. The first-order valence-electron chi connectivity index (χ1n) is 5.60. The first-order valence-corrected chi connectivity index (χ1v) is 7.63. The van der Waals surface area contributed by atoms with Gasteiger partial charge in [0.2, 0.25) is 20.7 Å². The zero-order valence-electron chi connectivity index (χ0n) is 10.5. The third kappa shape index (κ3) is 3.02. The van der Waals surface area contributed by atoms with Gasteiger partial charge in [-0.1, -0.05) is 23.7 Å². The molecule has 0 unspecified atom stereocenters. The van der Waals surface area contributed by atoms with Crippen molar-refractivity contribution in [2.75, 3.05) is 0 Å². The van der Waals surface area contributed by atoms with Crippen LogP contribution in [0.15, 0.2) is 39.8 Å². The molecule has 0 fully saturated rings. The highest BCUT2D eigenvalue weighted by molar-refractivity contribution is 7.90. The van der Waals surface area contributed by atoms with Crippen LogP contribution in [0.5, 0.6) is 0 Å². The molecule has 1 N–H and O–H groups in total. The lowest BCUT2D eigenvalue weighted by Crippen LogP contribution is -2.04. The maximum atomic E-state index is 12.1. The highest BCUT2D eigenvalue weighted by atomic mass is 35.5. The fourth-order valence-electron chi connectivity index (χ4n) is 1.65. The van der Waals surface area contributed by atoms with E-state index >= 15 is 0 Å². The number of carboxylic acid groups (broad SMARTS) is 1. The molecule has 0 radical (unpaired) electrons. The third-order valence-corrected chi connectivity index (χ3v) is 4.53. The van der Waals surface area contributed by atoms with E-state index in [0.717, 1.165) is 17.7 Å². The van der Waals surface area contributed by atoms with Crippen LogP contribution in [-0.2, 0) is 15.6 Å². The number of halogens is 1. The first-order chi connectivity index (χ1) is 9.29.